The van der Waals surface area contributed by atoms with Crippen LogP contribution in [0.4, 0.5) is 0 Å². The summed E-state index contributed by atoms with van der Waals surface area (Å²) in [5.41, 5.74) is 0.700. The van der Waals surface area contributed by atoms with Crippen molar-refractivity contribution in [3.05, 3.63) is 23.8 Å². The Kier molecular flexibility index (Phi) is 4.43. The Balaban J connectivity index is 2.88. The van der Waals surface area contributed by atoms with Crippen molar-refractivity contribution in [1.29, 1.82) is 0 Å². The number of nitrogens with zero attached hydrogens (tertiary/aromatic N) is 1. The van der Waals surface area contributed by atoms with Crippen molar-refractivity contribution in [2.75, 3.05) is 20.3 Å². The Labute approximate surface area is 87.6 Å². The molecule has 0 atom stereocenters. The predicted octanol–water partition coefficient (Wildman–Crippen LogP) is 0.874. The lowest BCUT2D eigenvalue weighted by molar-refractivity contribution is 0.196. The topological polar surface area (TPSA) is 71.3 Å². The summed E-state index contributed by atoms with van der Waals surface area (Å²) in [4.78, 5) is 0. The fourth-order valence-corrected chi connectivity index (χ4v) is 1.11. The monoisotopic (exact) mass is 211 g/mol. The van der Waals surface area contributed by atoms with Crippen LogP contribution in [0.5, 0.6) is 11.5 Å². The number of aliphatic hydroxyl groups excluding tert-OH is 1. The zero-order chi connectivity index (χ0) is 11.1. The molecule has 0 saturated carbocycles. The van der Waals surface area contributed by atoms with E-state index in [0.717, 1.165) is 0 Å². The van der Waals surface area contributed by atoms with Gasteiger partial charge in [-0.1, -0.05) is 5.16 Å². The van der Waals surface area contributed by atoms with Crippen molar-refractivity contribution in [2.45, 2.75) is 0 Å². The fraction of sp³-hybridized carbons (Fsp3) is 0.300. The van der Waals surface area contributed by atoms with Crippen LogP contribution < -0.4 is 9.47 Å². The number of hydrogen-bond donors (Lipinski definition) is 2. The van der Waals surface area contributed by atoms with Gasteiger partial charge < -0.3 is 19.8 Å². The van der Waals surface area contributed by atoms with Crippen LogP contribution in [0.1, 0.15) is 5.56 Å². The predicted molar refractivity (Wildman–Crippen MR) is 55.0 cm³/mol. The Hall–Kier alpha value is -1.75. The zero-order valence-electron chi connectivity index (χ0n) is 8.38. The van der Waals surface area contributed by atoms with E-state index in [1.807, 2.05) is 0 Å². The third-order valence-corrected chi connectivity index (χ3v) is 1.74. The summed E-state index contributed by atoms with van der Waals surface area (Å²) in [6.07, 6.45) is 1.29. The number of methoxy groups -OCH3 is 1. The van der Waals surface area contributed by atoms with Gasteiger partial charge in [0.15, 0.2) is 11.5 Å². The van der Waals surface area contributed by atoms with Crippen LogP contribution in [0.25, 0.3) is 0 Å². The smallest absolute Gasteiger partial charge is 0.161 e. The van der Waals surface area contributed by atoms with E-state index >= 15 is 0 Å². The Morgan fingerprint density at radius 3 is 2.80 bits per heavy atom. The highest BCUT2D eigenvalue weighted by molar-refractivity contribution is 5.80. The fourth-order valence-electron chi connectivity index (χ4n) is 1.11. The molecule has 0 saturated heterocycles. The second-order valence-electron chi connectivity index (χ2n) is 2.73. The highest BCUT2D eigenvalue weighted by atomic mass is 16.5. The first kappa shape index (κ1) is 11.3. The first-order valence-electron chi connectivity index (χ1n) is 4.41. The van der Waals surface area contributed by atoms with Gasteiger partial charge in [-0.25, -0.2) is 0 Å². The van der Waals surface area contributed by atoms with Crippen molar-refractivity contribution in [2.24, 2.45) is 5.16 Å². The van der Waals surface area contributed by atoms with Crippen LogP contribution in [0.3, 0.4) is 0 Å². The lowest BCUT2D eigenvalue weighted by Crippen LogP contribution is -2.03. The molecule has 82 valence electrons. The number of hydrogen-bond acceptors (Lipinski definition) is 5. The largest absolute Gasteiger partial charge is 0.493 e. The van der Waals surface area contributed by atoms with E-state index in [1.54, 1.807) is 18.2 Å². The molecule has 1 aromatic carbocycles. The molecule has 1 rings (SSSR count). The molecule has 0 fully saturated rings. The van der Waals surface area contributed by atoms with Gasteiger partial charge in [-0.2, -0.15) is 0 Å². The van der Waals surface area contributed by atoms with E-state index in [-0.39, 0.29) is 13.2 Å². The summed E-state index contributed by atoms with van der Waals surface area (Å²) in [5.74, 6) is 1.07. The Morgan fingerprint density at radius 1 is 1.40 bits per heavy atom. The van der Waals surface area contributed by atoms with Gasteiger partial charge in [-0.3, -0.25) is 0 Å². The number of oxime groups is 1. The maximum absolute atomic E-state index is 8.61. The molecule has 5 heteroatoms. The summed E-state index contributed by atoms with van der Waals surface area (Å²) < 4.78 is 10.3. The highest BCUT2D eigenvalue weighted by Gasteiger charge is 2.04. The molecule has 5 nitrogen and oxygen atoms in total. The van der Waals surface area contributed by atoms with Crippen molar-refractivity contribution < 1.29 is 19.8 Å². The van der Waals surface area contributed by atoms with Crippen molar-refractivity contribution in [3.8, 4) is 11.5 Å². The zero-order valence-corrected chi connectivity index (χ0v) is 8.38. The standard InChI is InChI=1S/C10H13NO4/c1-14-10-6-8(7-11-13)2-3-9(10)15-5-4-12/h2-3,6-7,12-13H,4-5H2,1H3. The molecule has 0 bridgehead atoms. The summed E-state index contributed by atoms with van der Waals surface area (Å²) in [6.45, 7) is 0.160. The van der Waals surface area contributed by atoms with Crippen LogP contribution in [0, 0.1) is 0 Å². The Morgan fingerprint density at radius 2 is 2.20 bits per heavy atom. The van der Waals surface area contributed by atoms with Gasteiger partial charge in [0, 0.05) is 5.56 Å². The van der Waals surface area contributed by atoms with Crippen molar-refractivity contribution in [1.82, 2.24) is 0 Å². The highest BCUT2D eigenvalue weighted by Crippen LogP contribution is 2.27. The van der Waals surface area contributed by atoms with E-state index in [9.17, 15) is 0 Å². The third-order valence-electron chi connectivity index (χ3n) is 1.74. The van der Waals surface area contributed by atoms with Crippen LogP contribution >= 0.6 is 0 Å². The van der Waals surface area contributed by atoms with E-state index in [2.05, 4.69) is 5.16 Å². The minimum absolute atomic E-state index is 0.0526. The van der Waals surface area contributed by atoms with Gasteiger partial charge in [0.05, 0.1) is 19.9 Å². The first-order valence-corrected chi connectivity index (χ1v) is 4.41. The van der Waals surface area contributed by atoms with E-state index in [1.165, 1.54) is 13.3 Å². The van der Waals surface area contributed by atoms with Gasteiger partial charge >= 0.3 is 0 Å². The molecule has 15 heavy (non-hydrogen) atoms. The van der Waals surface area contributed by atoms with Gasteiger partial charge in [-0.15, -0.1) is 0 Å². The second kappa shape index (κ2) is 5.87. The van der Waals surface area contributed by atoms with Gasteiger partial charge in [0.2, 0.25) is 0 Å². The van der Waals surface area contributed by atoms with E-state index < -0.39 is 0 Å². The summed E-state index contributed by atoms with van der Waals surface area (Å²) >= 11 is 0. The second-order valence-corrected chi connectivity index (χ2v) is 2.73. The molecule has 1 aromatic rings. The number of aliphatic hydroxyl groups is 1. The first-order chi connectivity index (χ1) is 7.31. The van der Waals surface area contributed by atoms with E-state index in [0.29, 0.717) is 17.1 Å². The maximum atomic E-state index is 8.61. The lowest BCUT2D eigenvalue weighted by Gasteiger charge is -2.09. The lowest BCUT2D eigenvalue weighted by atomic mass is 10.2. The van der Waals surface area contributed by atoms with Crippen LogP contribution in [0.15, 0.2) is 23.4 Å². The molecule has 0 unspecified atom stereocenters. The van der Waals surface area contributed by atoms with Crippen molar-refractivity contribution in [3.63, 3.8) is 0 Å². The molecule has 0 aromatic heterocycles. The molecule has 2 N–H and O–H groups in total. The van der Waals surface area contributed by atoms with Crippen LogP contribution in [-0.2, 0) is 0 Å². The summed E-state index contributed by atoms with van der Waals surface area (Å²) in [6, 6.07) is 5.08. The van der Waals surface area contributed by atoms with Crippen molar-refractivity contribution >= 4 is 6.21 Å². The quantitative estimate of drug-likeness (QED) is 0.430. The van der Waals surface area contributed by atoms with E-state index in [4.69, 9.17) is 19.8 Å². The molecule has 0 aliphatic carbocycles. The minimum Gasteiger partial charge on any atom is -0.493 e. The molecular formula is C10H13NO4. The average molecular weight is 211 g/mol. The van der Waals surface area contributed by atoms with Gasteiger partial charge in [0.25, 0.3) is 0 Å². The summed E-state index contributed by atoms with van der Waals surface area (Å²) in [5, 5.41) is 19.9. The number of benzene rings is 1. The molecule has 0 spiro atoms. The molecule has 0 radical (unpaired) electrons. The Bertz CT molecular complexity index is 338. The third kappa shape index (κ3) is 3.14. The minimum atomic E-state index is -0.0526. The molecule has 0 aliphatic heterocycles. The number of ether oxygens (including phenoxy) is 2. The molecule has 0 heterocycles. The normalized spacial score (nSPS) is 10.5. The van der Waals surface area contributed by atoms with Gasteiger partial charge in [0.1, 0.15) is 6.61 Å². The van der Waals surface area contributed by atoms with Crippen LogP contribution in [-0.4, -0.2) is 36.9 Å². The SMILES string of the molecule is COc1cc(C=NO)ccc1OCCO. The summed E-state index contributed by atoms with van der Waals surface area (Å²) in [7, 11) is 1.51. The van der Waals surface area contributed by atoms with Crippen LogP contribution in [0.2, 0.25) is 0 Å². The molecular weight excluding hydrogens is 198 g/mol. The maximum Gasteiger partial charge on any atom is 0.161 e. The number of rotatable bonds is 5. The molecule has 0 aliphatic rings. The molecule has 0 amide bonds. The van der Waals surface area contributed by atoms with Gasteiger partial charge in [-0.05, 0) is 18.2 Å². The average Bonchev–Trinajstić information content (AvgIpc) is 2.27.